The SMILES string of the molecule is CCOc1cc(CNC(c2cccs2)C(C)C)ccc1O. The van der Waals surface area contributed by atoms with Crippen molar-refractivity contribution in [2.75, 3.05) is 6.61 Å². The molecule has 1 unspecified atom stereocenters. The quantitative estimate of drug-likeness (QED) is 0.799. The fraction of sp³-hybridized carbons (Fsp3) is 0.412. The number of rotatable bonds is 7. The second-order valence-electron chi connectivity index (χ2n) is 5.35. The van der Waals surface area contributed by atoms with Gasteiger partial charge in [0.2, 0.25) is 0 Å². The van der Waals surface area contributed by atoms with Crippen LogP contribution in [0.25, 0.3) is 0 Å². The minimum atomic E-state index is 0.194. The molecule has 21 heavy (non-hydrogen) atoms. The van der Waals surface area contributed by atoms with E-state index in [9.17, 15) is 5.11 Å². The largest absolute Gasteiger partial charge is 0.504 e. The Hall–Kier alpha value is -1.52. The van der Waals surface area contributed by atoms with Gasteiger partial charge in [-0.2, -0.15) is 0 Å². The molecule has 0 fully saturated rings. The highest BCUT2D eigenvalue weighted by molar-refractivity contribution is 7.10. The number of aromatic hydroxyl groups is 1. The van der Waals surface area contributed by atoms with Crippen molar-refractivity contribution in [3.05, 3.63) is 46.2 Å². The molecule has 0 bridgehead atoms. The van der Waals surface area contributed by atoms with E-state index in [0.29, 0.717) is 24.3 Å². The molecule has 0 aliphatic carbocycles. The molecule has 4 heteroatoms. The number of ether oxygens (including phenoxy) is 1. The Kier molecular flexibility index (Phi) is 5.65. The van der Waals surface area contributed by atoms with Gasteiger partial charge in [-0.1, -0.05) is 26.0 Å². The number of phenolic OH excluding ortho intramolecular Hbond substituents is 1. The zero-order valence-electron chi connectivity index (χ0n) is 12.8. The van der Waals surface area contributed by atoms with E-state index in [1.165, 1.54) is 4.88 Å². The van der Waals surface area contributed by atoms with Crippen molar-refractivity contribution in [3.63, 3.8) is 0 Å². The molecule has 114 valence electrons. The summed E-state index contributed by atoms with van der Waals surface area (Å²) < 4.78 is 5.43. The molecule has 0 radical (unpaired) electrons. The summed E-state index contributed by atoms with van der Waals surface area (Å²) in [5.74, 6) is 1.26. The van der Waals surface area contributed by atoms with Gasteiger partial charge in [0.1, 0.15) is 0 Å². The summed E-state index contributed by atoms with van der Waals surface area (Å²) in [6.07, 6.45) is 0. The van der Waals surface area contributed by atoms with Gasteiger partial charge in [0.05, 0.1) is 6.61 Å². The lowest BCUT2D eigenvalue weighted by Gasteiger charge is -2.21. The van der Waals surface area contributed by atoms with Crippen LogP contribution in [0.15, 0.2) is 35.7 Å². The van der Waals surface area contributed by atoms with Crippen molar-refractivity contribution < 1.29 is 9.84 Å². The van der Waals surface area contributed by atoms with Crippen molar-refractivity contribution >= 4 is 11.3 Å². The Labute approximate surface area is 130 Å². The molecular formula is C17H23NO2S. The van der Waals surface area contributed by atoms with E-state index in [1.54, 1.807) is 17.4 Å². The molecule has 2 aromatic rings. The number of hydrogen-bond donors (Lipinski definition) is 2. The molecule has 1 aromatic carbocycles. The standard InChI is InChI=1S/C17H23NO2S/c1-4-20-15-10-13(7-8-14(15)19)11-18-17(12(2)3)16-6-5-9-21-16/h5-10,12,17-19H,4,11H2,1-3H3. The summed E-state index contributed by atoms with van der Waals surface area (Å²) in [5.41, 5.74) is 1.11. The molecule has 2 rings (SSSR count). The molecule has 3 nitrogen and oxygen atoms in total. The van der Waals surface area contributed by atoms with Gasteiger partial charge in [-0.25, -0.2) is 0 Å². The van der Waals surface area contributed by atoms with Crippen LogP contribution in [0.3, 0.4) is 0 Å². The first-order valence-corrected chi connectivity index (χ1v) is 8.21. The maximum absolute atomic E-state index is 9.74. The number of hydrogen-bond acceptors (Lipinski definition) is 4. The van der Waals surface area contributed by atoms with Crippen LogP contribution in [0.4, 0.5) is 0 Å². The Balaban J connectivity index is 2.06. The molecule has 0 saturated carbocycles. The fourth-order valence-corrected chi connectivity index (χ4v) is 3.27. The van der Waals surface area contributed by atoms with E-state index in [0.717, 1.165) is 12.1 Å². The average molecular weight is 305 g/mol. The van der Waals surface area contributed by atoms with E-state index in [4.69, 9.17) is 4.74 Å². The number of phenols is 1. The molecule has 0 aliphatic rings. The topological polar surface area (TPSA) is 41.5 Å². The van der Waals surface area contributed by atoms with Gasteiger partial charge in [-0.3, -0.25) is 0 Å². The van der Waals surface area contributed by atoms with Crippen LogP contribution in [0, 0.1) is 5.92 Å². The first kappa shape index (κ1) is 15.9. The zero-order chi connectivity index (χ0) is 15.2. The zero-order valence-corrected chi connectivity index (χ0v) is 13.6. The van der Waals surface area contributed by atoms with E-state index < -0.39 is 0 Å². The third-order valence-corrected chi connectivity index (χ3v) is 4.32. The highest BCUT2D eigenvalue weighted by atomic mass is 32.1. The van der Waals surface area contributed by atoms with Crippen molar-refractivity contribution in [3.8, 4) is 11.5 Å². The van der Waals surface area contributed by atoms with Crippen LogP contribution in [0.2, 0.25) is 0 Å². The van der Waals surface area contributed by atoms with Gasteiger partial charge in [-0.05, 0) is 42.0 Å². The minimum absolute atomic E-state index is 0.194. The maximum Gasteiger partial charge on any atom is 0.161 e. The van der Waals surface area contributed by atoms with E-state index in [1.807, 2.05) is 19.1 Å². The second kappa shape index (κ2) is 7.48. The number of thiophene rings is 1. The number of benzene rings is 1. The number of nitrogens with one attached hydrogen (secondary N) is 1. The molecule has 0 aliphatic heterocycles. The van der Waals surface area contributed by atoms with Gasteiger partial charge in [0, 0.05) is 17.5 Å². The maximum atomic E-state index is 9.74. The molecule has 0 saturated heterocycles. The van der Waals surface area contributed by atoms with Crippen molar-refractivity contribution in [1.29, 1.82) is 0 Å². The Morgan fingerprint density at radius 1 is 1.29 bits per heavy atom. The molecule has 1 aromatic heterocycles. The lowest BCUT2D eigenvalue weighted by molar-refractivity contribution is 0.317. The predicted octanol–water partition coefficient (Wildman–Crippen LogP) is 4.34. The molecule has 2 N–H and O–H groups in total. The molecule has 1 heterocycles. The van der Waals surface area contributed by atoms with Crippen molar-refractivity contribution in [2.24, 2.45) is 5.92 Å². The highest BCUT2D eigenvalue weighted by Gasteiger charge is 2.16. The fourth-order valence-electron chi connectivity index (χ4n) is 2.30. The van der Waals surface area contributed by atoms with Gasteiger partial charge in [-0.15, -0.1) is 11.3 Å². The molecule has 0 spiro atoms. The first-order chi connectivity index (χ1) is 10.1. The van der Waals surface area contributed by atoms with Crippen LogP contribution in [-0.4, -0.2) is 11.7 Å². The molecule has 0 amide bonds. The summed E-state index contributed by atoms with van der Waals surface area (Å²) in [5, 5.41) is 15.4. The van der Waals surface area contributed by atoms with Crippen LogP contribution in [-0.2, 0) is 6.54 Å². The van der Waals surface area contributed by atoms with Gasteiger partial charge >= 0.3 is 0 Å². The third-order valence-electron chi connectivity index (χ3n) is 3.37. The van der Waals surface area contributed by atoms with E-state index in [-0.39, 0.29) is 5.75 Å². The normalized spacial score (nSPS) is 12.6. The summed E-state index contributed by atoms with van der Waals surface area (Å²) in [7, 11) is 0. The van der Waals surface area contributed by atoms with Gasteiger partial charge in [0.25, 0.3) is 0 Å². The molecular weight excluding hydrogens is 282 g/mol. The lowest BCUT2D eigenvalue weighted by Crippen LogP contribution is -2.24. The summed E-state index contributed by atoms with van der Waals surface area (Å²) >= 11 is 1.78. The van der Waals surface area contributed by atoms with Gasteiger partial charge in [0.15, 0.2) is 11.5 Å². The van der Waals surface area contributed by atoms with E-state index in [2.05, 4.69) is 36.7 Å². The summed E-state index contributed by atoms with van der Waals surface area (Å²) in [6, 6.07) is 10.1. The van der Waals surface area contributed by atoms with E-state index >= 15 is 0 Å². The van der Waals surface area contributed by atoms with Crippen molar-refractivity contribution in [1.82, 2.24) is 5.32 Å². The lowest BCUT2D eigenvalue weighted by atomic mass is 10.0. The third kappa shape index (κ3) is 4.22. The van der Waals surface area contributed by atoms with Crippen molar-refractivity contribution in [2.45, 2.75) is 33.4 Å². The Morgan fingerprint density at radius 2 is 2.10 bits per heavy atom. The first-order valence-electron chi connectivity index (χ1n) is 7.33. The van der Waals surface area contributed by atoms with Crippen LogP contribution >= 0.6 is 11.3 Å². The Morgan fingerprint density at radius 3 is 2.71 bits per heavy atom. The van der Waals surface area contributed by atoms with Gasteiger partial charge < -0.3 is 15.2 Å². The van der Waals surface area contributed by atoms with Crippen LogP contribution in [0.1, 0.15) is 37.3 Å². The van der Waals surface area contributed by atoms with Crippen LogP contribution in [0.5, 0.6) is 11.5 Å². The monoisotopic (exact) mass is 305 g/mol. The summed E-state index contributed by atoms with van der Waals surface area (Å²) in [4.78, 5) is 1.36. The Bertz CT molecular complexity index is 552. The summed E-state index contributed by atoms with van der Waals surface area (Å²) in [6.45, 7) is 7.66. The minimum Gasteiger partial charge on any atom is -0.504 e. The highest BCUT2D eigenvalue weighted by Crippen LogP contribution is 2.29. The average Bonchev–Trinajstić information content (AvgIpc) is 2.96. The smallest absolute Gasteiger partial charge is 0.161 e. The van der Waals surface area contributed by atoms with Crippen LogP contribution < -0.4 is 10.1 Å². The predicted molar refractivity (Wildman–Crippen MR) is 88.0 cm³/mol. The second-order valence-corrected chi connectivity index (χ2v) is 6.33. The molecule has 1 atom stereocenters.